The van der Waals surface area contributed by atoms with Crippen molar-refractivity contribution >= 4 is 17.1 Å². The standard InChI is InChI=1S/C7H12O3S/c1-2-10-7(9)11-6-4-3-5-8/h3-4,8H,2,5-6H2,1H3/b4-3+. The SMILES string of the molecule is CCOC(=O)SC/C=C/CO. The first kappa shape index (κ1) is 10.5. The van der Waals surface area contributed by atoms with Crippen LogP contribution in [0.25, 0.3) is 0 Å². The maximum absolute atomic E-state index is 10.7. The Bertz CT molecular complexity index is 134. The number of hydrogen-bond donors (Lipinski definition) is 1. The van der Waals surface area contributed by atoms with Gasteiger partial charge in [0.1, 0.15) is 0 Å². The van der Waals surface area contributed by atoms with Gasteiger partial charge in [-0.05, 0) is 18.7 Å². The quantitative estimate of drug-likeness (QED) is 0.520. The third-order valence-corrected chi connectivity index (χ3v) is 1.54. The van der Waals surface area contributed by atoms with Crippen LogP contribution in [0.4, 0.5) is 4.79 Å². The summed E-state index contributed by atoms with van der Waals surface area (Å²) in [5, 5.41) is 8.05. The summed E-state index contributed by atoms with van der Waals surface area (Å²) in [5.41, 5.74) is 0. The van der Waals surface area contributed by atoms with E-state index in [0.717, 1.165) is 11.8 Å². The lowest BCUT2D eigenvalue weighted by atomic mass is 10.6. The van der Waals surface area contributed by atoms with Gasteiger partial charge in [-0.25, -0.2) is 4.79 Å². The van der Waals surface area contributed by atoms with Crippen LogP contribution in [0.5, 0.6) is 0 Å². The molecule has 0 fully saturated rings. The van der Waals surface area contributed by atoms with Gasteiger partial charge in [0.15, 0.2) is 0 Å². The van der Waals surface area contributed by atoms with Crippen LogP contribution in [0.1, 0.15) is 6.92 Å². The lowest BCUT2D eigenvalue weighted by Gasteiger charge is -1.96. The van der Waals surface area contributed by atoms with E-state index in [9.17, 15) is 4.79 Å². The summed E-state index contributed by atoms with van der Waals surface area (Å²) in [6.07, 6.45) is 3.31. The van der Waals surface area contributed by atoms with Crippen molar-refractivity contribution in [2.45, 2.75) is 6.92 Å². The molecule has 11 heavy (non-hydrogen) atoms. The second kappa shape index (κ2) is 7.63. The van der Waals surface area contributed by atoms with Gasteiger partial charge in [-0.2, -0.15) is 0 Å². The summed E-state index contributed by atoms with van der Waals surface area (Å²) in [5.74, 6) is 0.555. The molecule has 0 amide bonds. The minimum Gasteiger partial charge on any atom is -0.458 e. The summed E-state index contributed by atoms with van der Waals surface area (Å²) in [6.45, 7) is 2.20. The highest BCUT2D eigenvalue weighted by Gasteiger charge is 1.97. The number of hydrogen-bond acceptors (Lipinski definition) is 4. The fraction of sp³-hybridized carbons (Fsp3) is 0.571. The van der Waals surface area contributed by atoms with Crippen molar-refractivity contribution < 1.29 is 14.6 Å². The second-order valence-corrected chi connectivity index (χ2v) is 2.60. The number of aliphatic hydroxyl groups is 1. The van der Waals surface area contributed by atoms with Gasteiger partial charge < -0.3 is 9.84 Å². The van der Waals surface area contributed by atoms with Crippen molar-refractivity contribution in [1.29, 1.82) is 0 Å². The van der Waals surface area contributed by atoms with Gasteiger partial charge in [0, 0.05) is 5.75 Å². The fourth-order valence-corrected chi connectivity index (χ4v) is 0.988. The third-order valence-electron chi connectivity index (χ3n) is 0.832. The topological polar surface area (TPSA) is 46.5 Å². The minimum atomic E-state index is -0.268. The molecule has 0 aromatic carbocycles. The molecular formula is C7H12O3S. The molecule has 0 aromatic rings. The molecule has 0 unspecified atom stereocenters. The first-order valence-electron chi connectivity index (χ1n) is 3.36. The normalized spacial score (nSPS) is 10.4. The van der Waals surface area contributed by atoms with Crippen LogP contribution in [-0.2, 0) is 4.74 Å². The van der Waals surface area contributed by atoms with E-state index in [2.05, 4.69) is 4.74 Å². The van der Waals surface area contributed by atoms with E-state index in [1.54, 1.807) is 19.1 Å². The molecule has 0 saturated heterocycles. The van der Waals surface area contributed by atoms with Crippen molar-refractivity contribution in [2.75, 3.05) is 19.0 Å². The first-order valence-corrected chi connectivity index (χ1v) is 4.35. The molecule has 0 aromatic heterocycles. The Hall–Kier alpha value is -0.480. The number of aliphatic hydroxyl groups excluding tert-OH is 1. The molecule has 0 spiro atoms. The van der Waals surface area contributed by atoms with Gasteiger partial charge in [-0.15, -0.1) is 0 Å². The zero-order valence-electron chi connectivity index (χ0n) is 6.45. The number of ether oxygens (including phenoxy) is 1. The first-order chi connectivity index (χ1) is 5.31. The Morgan fingerprint density at radius 1 is 1.64 bits per heavy atom. The average Bonchev–Trinajstić information content (AvgIpc) is 1.99. The van der Waals surface area contributed by atoms with E-state index >= 15 is 0 Å². The van der Waals surface area contributed by atoms with Gasteiger partial charge in [0.05, 0.1) is 13.2 Å². The molecule has 0 saturated carbocycles. The summed E-state index contributed by atoms with van der Waals surface area (Å²) in [7, 11) is 0. The summed E-state index contributed by atoms with van der Waals surface area (Å²) >= 11 is 1.08. The van der Waals surface area contributed by atoms with E-state index < -0.39 is 0 Å². The highest BCUT2D eigenvalue weighted by molar-refractivity contribution is 8.13. The number of rotatable bonds is 4. The van der Waals surface area contributed by atoms with Crippen molar-refractivity contribution in [3.63, 3.8) is 0 Å². The van der Waals surface area contributed by atoms with Crippen LogP contribution in [-0.4, -0.2) is 29.4 Å². The molecule has 64 valence electrons. The maximum Gasteiger partial charge on any atom is 0.367 e. The molecule has 1 N–H and O–H groups in total. The van der Waals surface area contributed by atoms with E-state index in [0.29, 0.717) is 12.4 Å². The van der Waals surface area contributed by atoms with E-state index in [-0.39, 0.29) is 11.9 Å². The summed E-state index contributed by atoms with van der Waals surface area (Å²) < 4.78 is 4.65. The average molecular weight is 176 g/mol. The Morgan fingerprint density at radius 3 is 2.91 bits per heavy atom. The largest absolute Gasteiger partial charge is 0.458 e. The van der Waals surface area contributed by atoms with Gasteiger partial charge >= 0.3 is 5.30 Å². The third kappa shape index (κ3) is 7.42. The molecule has 0 aliphatic carbocycles. The van der Waals surface area contributed by atoms with E-state index in [4.69, 9.17) is 5.11 Å². The number of carbonyl (C=O) groups is 1. The molecule has 3 nitrogen and oxygen atoms in total. The van der Waals surface area contributed by atoms with Crippen LogP contribution < -0.4 is 0 Å². The van der Waals surface area contributed by atoms with Gasteiger partial charge in [-0.1, -0.05) is 12.2 Å². The zero-order chi connectivity index (χ0) is 8.53. The minimum absolute atomic E-state index is 0.0172. The predicted octanol–water partition coefficient (Wildman–Crippen LogP) is 1.42. The van der Waals surface area contributed by atoms with Crippen LogP contribution in [0.3, 0.4) is 0 Å². The lowest BCUT2D eigenvalue weighted by molar-refractivity contribution is 0.181. The molecule has 0 heterocycles. The highest BCUT2D eigenvalue weighted by Crippen LogP contribution is 2.04. The smallest absolute Gasteiger partial charge is 0.367 e. The van der Waals surface area contributed by atoms with Crippen molar-refractivity contribution in [3.05, 3.63) is 12.2 Å². The summed E-state index contributed by atoms with van der Waals surface area (Å²) in [6, 6.07) is 0. The molecular weight excluding hydrogens is 164 g/mol. The van der Waals surface area contributed by atoms with Crippen LogP contribution in [0.2, 0.25) is 0 Å². The van der Waals surface area contributed by atoms with E-state index in [1.807, 2.05) is 0 Å². The second-order valence-electron chi connectivity index (χ2n) is 1.65. The maximum atomic E-state index is 10.7. The van der Waals surface area contributed by atoms with Gasteiger partial charge in [0.25, 0.3) is 0 Å². The van der Waals surface area contributed by atoms with Gasteiger partial charge in [-0.3, -0.25) is 0 Å². The zero-order valence-corrected chi connectivity index (χ0v) is 7.26. The molecule has 0 aliphatic rings. The predicted molar refractivity (Wildman–Crippen MR) is 45.7 cm³/mol. The van der Waals surface area contributed by atoms with Crippen LogP contribution in [0, 0.1) is 0 Å². The fourth-order valence-electron chi connectivity index (χ4n) is 0.418. The monoisotopic (exact) mass is 176 g/mol. The number of thioether (sulfide) groups is 1. The molecule has 0 bridgehead atoms. The highest BCUT2D eigenvalue weighted by atomic mass is 32.2. The van der Waals surface area contributed by atoms with Crippen molar-refractivity contribution in [3.8, 4) is 0 Å². The molecule has 0 atom stereocenters. The number of carbonyl (C=O) groups excluding carboxylic acids is 1. The van der Waals surface area contributed by atoms with Crippen LogP contribution >= 0.6 is 11.8 Å². The van der Waals surface area contributed by atoms with Crippen molar-refractivity contribution in [1.82, 2.24) is 0 Å². The Morgan fingerprint density at radius 2 is 2.36 bits per heavy atom. The molecule has 0 rings (SSSR count). The Balaban J connectivity index is 3.24. The molecule has 4 heteroatoms. The lowest BCUT2D eigenvalue weighted by Crippen LogP contribution is -1.96. The molecule has 0 radical (unpaired) electrons. The van der Waals surface area contributed by atoms with Crippen molar-refractivity contribution in [2.24, 2.45) is 0 Å². The summed E-state index contributed by atoms with van der Waals surface area (Å²) in [4.78, 5) is 10.7. The molecule has 0 aliphatic heterocycles. The Labute approximate surface area is 70.4 Å². The van der Waals surface area contributed by atoms with E-state index in [1.165, 1.54) is 0 Å². The Kier molecular flexibility index (Phi) is 7.29. The van der Waals surface area contributed by atoms with Gasteiger partial charge in [0.2, 0.25) is 0 Å². The van der Waals surface area contributed by atoms with Crippen LogP contribution in [0.15, 0.2) is 12.2 Å².